The summed E-state index contributed by atoms with van der Waals surface area (Å²) in [5.74, 6) is 0.702. The van der Waals surface area contributed by atoms with Gasteiger partial charge in [-0.1, -0.05) is 6.92 Å². The molecule has 1 heterocycles. The minimum absolute atomic E-state index is 0.644. The first-order chi connectivity index (χ1) is 6.56. The number of aromatic nitrogens is 2. The van der Waals surface area contributed by atoms with Crippen molar-refractivity contribution in [3.63, 3.8) is 0 Å². The van der Waals surface area contributed by atoms with Crippen molar-refractivity contribution in [3.8, 4) is 0 Å². The van der Waals surface area contributed by atoms with E-state index < -0.39 is 0 Å². The zero-order chi connectivity index (χ0) is 10.7. The number of nitrogens with zero attached hydrogens (tertiary/aromatic N) is 3. The average molecular weight is 194 g/mol. The molecule has 0 aliphatic rings. The molecule has 4 heteroatoms. The zero-order valence-corrected chi connectivity index (χ0v) is 9.33. The van der Waals surface area contributed by atoms with Crippen LogP contribution in [0.2, 0.25) is 0 Å². The van der Waals surface area contributed by atoms with Crippen LogP contribution in [0.5, 0.6) is 0 Å². The van der Waals surface area contributed by atoms with Crippen LogP contribution in [0.3, 0.4) is 0 Å². The molecule has 1 aromatic rings. The van der Waals surface area contributed by atoms with Crippen molar-refractivity contribution in [2.24, 2.45) is 17.8 Å². The molecule has 0 saturated heterocycles. The Morgan fingerprint density at radius 2 is 2.14 bits per heavy atom. The third kappa shape index (κ3) is 2.13. The first kappa shape index (κ1) is 10.8. The van der Waals surface area contributed by atoms with Gasteiger partial charge in [-0.15, -0.1) is 0 Å². The minimum Gasteiger partial charge on any atom is -0.387 e. The number of amidine groups is 1. The van der Waals surface area contributed by atoms with Gasteiger partial charge in [-0.05, 0) is 13.8 Å². The lowest BCUT2D eigenvalue weighted by molar-refractivity contribution is 0.730. The molecule has 1 aromatic heterocycles. The van der Waals surface area contributed by atoms with Crippen LogP contribution < -0.4 is 5.73 Å². The Morgan fingerprint density at radius 1 is 1.50 bits per heavy atom. The Balaban J connectivity index is 2.86. The first-order valence-electron chi connectivity index (χ1n) is 4.84. The molecule has 0 aromatic carbocycles. The van der Waals surface area contributed by atoms with E-state index in [1.807, 2.05) is 32.5 Å². The molecule has 0 bridgehead atoms. The van der Waals surface area contributed by atoms with Crippen LogP contribution in [-0.4, -0.2) is 15.6 Å². The Morgan fingerprint density at radius 3 is 2.57 bits per heavy atom. The molecule has 0 aliphatic heterocycles. The molecule has 4 nitrogen and oxygen atoms in total. The van der Waals surface area contributed by atoms with Gasteiger partial charge in [0.05, 0.1) is 18.1 Å². The van der Waals surface area contributed by atoms with Gasteiger partial charge in [0.25, 0.3) is 0 Å². The maximum absolute atomic E-state index is 5.65. The normalized spacial score (nSPS) is 12.1. The Hall–Kier alpha value is -1.32. The van der Waals surface area contributed by atoms with Crippen LogP contribution in [0.25, 0.3) is 0 Å². The van der Waals surface area contributed by atoms with Crippen molar-refractivity contribution in [1.29, 1.82) is 0 Å². The zero-order valence-electron chi connectivity index (χ0n) is 9.33. The van der Waals surface area contributed by atoms with Gasteiger partial charge in [-0.25, -0.2) is 0 Å². The van der Waals surface area contributed by atoms with Crippen LogP contribution in [-0.2, 0) is 13.6 Å². The van der Waals surface area contributed by atoms with Gasteiger partial charge in [0.1, 0.15) is 0 Å². The summed E-state index contributed by atoms with van der Waals surface area (Å²) in [6.45, 7) is 6.69. The van der Waals surface area contributed by atoms with E-state index in [2.05, 4.69) is 10.1 Å². The second kappa shape index (κ2) is 4.26. The predicted molar refractivity (Wildman–Crippen MR) is 58.3 cm³/mol. The average Bonchev–Trinajstić information content (AvgIpc) is 2.39. The highest BCUT2D eigenvalue weighted by atomic mass is 15.3. The van der Waals surface area contributed by atoms with E-state index in [0.29, 0.717) is 12.4 Å². The van der Waals surface area contributed by atoms with Gasteiger partial charge < -0.3 is 5.73 Å². The molecule has 14 heavy (non-hydrogen) atoms. The van der Waals surface area contributed by atoms with E-state index >= 15 is 0 Å². The van der Waals surface area contributed by atoms with Crippen LogP contribution >= 0.6 is 0 Å². The monoisotopic (exact) mass is 194 g/mol. The Bertz CT molecular complexity index is 349. The van der Waals surface area contributed by atoms with Crippen molar-refractivity contribution in [3.05, 3.63) is 17.0 Å². The lowest BCUT2D eigenvalue weighted by Crippen LogP contribution is -2.10. The summed E-state index contributed by atoms with van der Waals surface area (Å²) < 4.78 is 1.88. The van der Waals surface area contributed by atoms with E-state index in [-0.39, 0.29) is 0 Å². The van der Waals surface area contributed by atoms with Gasteiger partial charge in [-0.2, -0.15) is 5.10 Å². The van der Waals surface area contributed by atoms with E-state index in [0.717, 1.165) is 17.8 Å². The molecule has 0 radical (unpaired) electrons. The van der Waals surface area contributed by atoms with Gasteiger partial charge in [0, 0.05) is 24.7 Å². The quantitative estimate of drug-likeness (QED) is 0.582. The van der Waals surface area contributed by atoms with Crippen molar-refractivity contribution in [2.45, 2.75) is 33.7 Å². The number of rotatable bonds is 3. The fraction of sp³-hybridized carbons (Fsp3) is 0.600. The molecule has 0 saturated carbocycles. The number of aryl methyl sites for hydroxylation is 2. The van der Waals surface area contributed by atoms with E-state index in [4.69, 9.17) is 5.73 Å². The van der Waals surface area contributed by atoms with E-state index in [1.54, 1.807) is 0 Å². The highest BCUT2D eigenvalue weighted by molar-refractivity contribution is 5.79. The maximum atomic E-state index is 5.65. The predicted octanol–water partition coefficient (Wildman–Crippen LogP) is 1.30. The van der Waals surface area contributed by atoms with Gasteiger partial charge in [-0.3, -0.25) is 9.67 Å². The smallest absolute Gasteiger partial charge is 0.0938 e. The molecule has 2 N–H and O–H groups in total. The van der Waals surface area contributed by atoms with E-state index in [1.165, 1.54) is 5.56 Å². The summed E-state index contributed by atoms with van der Waals surface area (Å²) in [4.78, 5) is 4.29. The topological polar surface area (TPSA) is 56.2 Å². The molecule has 0 spiro atoms. The summed E-state index contributed by atoms with van der Waals surface area (Å²) in [6, 6.07) is 0. The van der Waals surface area contributed by atoms with Crippen molar-refractivity contribution < 1.29 is 0 Å². The van der Waals surface area contributed by atoms with Crippen LogP contribution in [0.4, 0.5) is 0 Å². The molecular formula is C10H18N4. The third-order valence-electron chi connectivity index (χ3n) is 2.46. The fourth-order valence-corrected chi connectivity index (χ4v) is 1.34. The van der Waals surface area contributed by atoms with Crippen molar-refractivity contribution in [2.75, 3.05) is 0 Å². The molecule has 1 rings (SSSR count). The van der Waals surface area contributed by atoms with Gasteiger partial charge in [0.15, 0.2) is 0 Å². The molecular weight excluding hydrogens is 176 g/mol. The van der Waals surface area contributed by atoms with Crippen molar-refractivity contribution in [1.82, 2.24) is 9.78 Å². The summed E-state index contributed by atoms with van der Waals surface area (Å²) in [5.41, 5.74) is 9.04. The molecule has 0 unspecified atom stereocenters. The standard InChI is InChI=1S/C10H18N4/c1-5-10(11)12-6-9-7(2)13-14(4)8(9)3/h5-6H2,1-4H3,(H2,11,12). The number of hydrogen-bond donors (Lipinski definition) is 1. The molecule has 0 aliphatic carbocycles. The van der Waals surface area contributed by atoms with Crippen LogP contribution in [0.1, 0.15) is 30.3 Å². The fourth-order valence-electron chi connectivity index (χ4n) is 1.34. The molecule has 0 atom stereocenters. The van der Waals surface area contributed by atoms with Crippen LogP contribution in [0.15, 0.2) is 4.99 Å². The summed E-state index contributed by atoms with van der Waals surface area (Å²) >= 11 is 0. The maximum Gasteiger partial charge on any atom is 0.0938 e. The summed E-state index contributed by atoms with van der Waals surface area (Å²) in [7, 11) is 1.94. The number of aliphatic imine (C=N–C) groups is 1. The lowest BCUT2D eigenvalue weighted by atomic mass is 10.2. The molecule has 78 valence electrons. The van der Waals surface area contributed by atoms with Gasteiger partial charge in [0.2, 0.25) is 0 Å². The second-order valence-electron chi connectivity index (χ2n) is 3.43. The summed E-state index contributed by atoms with van der Waals surface area (Å²) in [5, 5.41) is 4.32. The molecule has 0 fully saturated rings. The highest BCUT2D eigenvalue weighted by Gasteiger charge is 2.07. The van der Waals surface area contributed by atoms with Gasteiger partial charge >= 0.3 is 0 Å². The largest absolute Gasteiger partial charge is 0.387 e. The SMILES string of the molecule is CCC(N)=NCc1c(C)nn(C)c1C. The minimum atomic E-state index is 0.644. The number of hydrogen-bond acceptors (Lipinski definition) is 2. The number of nitrogens with two attached hydrogens (primary N) is 1. The highest BCUT2D eigenvalue weighted by Crippen LogP contribution is 2.12. The van der Waals surface area contributed by atoms with Crippen LogP contribution in [0, 0.1) is 13.8 Å². The Kier molecular flexibility index (Phi) is 3.28. The van der Waals surface area contributed by atoms with E-state index in [9.17, 15) is 0 Å². The third-order valence-corrected chi connectivity index (χ3v) is 2.46. The summed E-state index contributed by atoms with van der Waals surface area (Å²) in [6.07, 6.45) is 0.804. The van der Waals surface area contributed by atoms with Crippen molar-refractivity contribution >= 4 is 5.84 Å². The molecule has 0 amide bonds. The lowest BCUT2D eigenvalue weighted by Gasteiger charge is -1.99. The first-order valence-corrected chi connectivity index (χ1v) is 4.84. The Labute approximate surface area is 84.8 Å². The second-order valence-corrected chi connectivity index (χ2v) is 3.43.